The zero-order chi connectivity index (χ0) is 13.5. The zero-order valence-corrected chi connectivity index (χ0v) is 12.9. The molecule has 0 aromatic heterocycles. The molecule has 112 valence electrons. The van der Waals surface area contributed by atoms with Gasteiger partial charge in [-0.05, 0) is 43.7 Å². The van der Waals surface area contributed by atoms with Gasteiger partial charge in [0.05, 0.1) is 0 Å². The molecule has 1 amide bonds. The van der Waals surface area contributed by atoms with Crippen LogP contribution in [0.1, 0.15) is 19.3 Å². The Hall–Kier alpha value is -0.780. The Labute approximate surface area is 129 Å². The Morgan fingerprint density at radius 1 is 1.40 bits per heavy atom. The molecule has 1 aromatic rings. The molecule has 6 heteroatoms. The van der Waals surface area contributed by atoms with Crippen molar-refractivity contribution < 1.29 is 9.18 Å². The maximum Gasteiger partial charge on any atom is 0.220 e. The lowest BCUT2D eigenvalue weighted by Gasteiger charge is -2.11. The quantitative estimate of drug-likeness (QED) is 0.792. The Bertz CT molecular complexity index is 410. The van der Waals surface area contributed by atoms with Gasteiger partial charge < -0.3 is 10.6 Å². The number of hydrogen-bond acceptors (Lipinski definition) is 3. The maximum absolute atomic E-state index is 12.7. The van der Waals surface area contributed by atoms with Crippen LogP contribution in [0.2, 0.25) is 0 Å². The van der Waals surface area contributed by atoms with E-state index in [9.17, 15) is 9.18 Å². The number of hydrogen-bond donors (Lipinski definition) is 2. The Morgan fingerprint density at radius 2 is 2.15 bits per heavy atom. The van der Waals surface area contributed by atoms with Crippen LogP contribution in [0.4, 0.5) is 4.39 Å². The van der Waals surface area contributed by atoms with Crippen LogP contribution in [0, 0.1) is 5.82 Å². The highest BCUT2D eigenvalue weighted by Gasteiger charge is 2.14. The van der Waals surface area contributed by atoms with Gasteiger partial charge in [-0.25, -0.2) is 4.39 Å². The molecule has 2 N–H and O–H groups in total. The first-order chi connectivity index (χ1) is 9.24. The minimum Gasteiger partial charge on any atom is -0.355 e. The second-order valence-corrected chi connectivity index (χ2v) is 5.82. The van der Waals surface area contributed by atoms with E-state index in [-0.39, 0.29) is 24.1 Å². The topological polar surface area (TPSA) is 41.1 Å². The molecule has 2 rings (SSSR count). The molecule has 0 spiro atoms. The molecular formula is C14H20ClFN2OS. The molecule has 1 aliphatic rings. The largest absolute Gasteiger partial charge is 0.355 e. The summed E-state index contributed by atoms with van der Waals surface area (Å²) in [5.74, 6) is 0.574. The first-order valence-electron chi connectivity index (χ1n) is 6.62. The molecule has 1 saturated heterocycles. The van der Waals surface area contributed by atoms with Crippen LogP contribution >= 0.6 is 24.2 Å². The van der Waals surface area contributed by atoms with Crippen LogP contribution in [0.25, 0.3) is 0 Å². The van der Waals surface area contributed by atoms with E-state index in [4.69, 9.17) is 0 Å². The van der Waals surface area contributed by atoms with Gasteiger partial charge in [-0.2, -0.15) is 0 Å². The van der Waals surface area contributed by atoms with Crippen molar-refractivity contribution in [3.63, 3.8) is 0 Å². The lowest BCUT2D eigenvalue weighted by molar-refractivity contribution is -0.120. The smallest absolute Gasteiger partial charge is 0.220 e. The zero-order valence-electron chi connectivity index (χ0n) is 11.2. The summed E-state index contributed by atoms with van der Waals surface area (Å²) in [6.45, 7) is 1.78. The summed E-state index contributed by atoms with van der Waals surface area (Å²) in [7, 11) is 0. The van der Waals surface area contributed by atoms with E-state index >= 15 is 0 Å². The van der Waals surface area contributed by atoms with Crippen molar-refractivity contribution >= 4 is 30.1 Å². The van der Waals surface area contributed by atoms with E-state index in [0.29, 0.717) is 12.5 Å². The lowest BCUT2D eigenvalue weighted by Crippen LogP contribution is -2.37. The fraction of sp³-hybridized carbons (Fsp3) is 0.500. The highest BCUT2D eigenvalue weighted by atomic mass is 35.5. The molecule has 0 bridgehead atoms. The average Bonchev–Trinajstić information content (AvgIpc) is 2.92. The van der Waals surface area contributed by atoms with Crippen molar-refractivity contribution in [3.8, 4) is 0 Å². The second kappa shape index (κ2) is 9.21. The number of carbonyl (C=O) groups is 1. The van der Waals surface area contributed by atoms with Gasteiger partial charge >= 0.3 is 0 Å². The van der Waals surface area contributed by atoms with E-state index in [2.05, 4.69) is 10.6 Å². The third-order valence-corrected chi connectivity index (χ3v) is 4.13. The molecule has 1 fully saturated rings. The Kier molecular flexibility index (Phi) is 7.95. The third kappa shape index (κ3) is 6.11. The molecule has 1 atom stereocenters. The molecule has 0 saturated carbocycles. The predicted octanol–water partition coefficient (Wildman–Crippen LogP) is 2.60. The van der Waals surface area contributed by atoms with Crippen LogP contribution in [-0.4, -0.2) is 30.8 Å². The Balaban J connectivity index is 0.00000200. The summed E-state index contributed by atoms with van der Waals surface area (Å²) in [6.07, 6.45) is 2.83. The van der Waals surface area contributed by atoms with Crippen molar-refractivity contribution in [2.24, 2.45) is 0 Å². The number of rotatable bonds is 6. The second-order valence-electron chi connectivity index (χ2n) is 4.65. The number of carbonyl (C=O) groups excluding carboxylic acids is 1. The van der Waals surface area contributed by atoms with Gasteiger partial charge in [0.1, 0.15) is 5.82 Å². The van der Waals surface area contributed by atoms with Crippen molar-refractivity contribution in [1.29, 1.82) is 0 Å². The molecule has 1 aliphatic heterocycles. The van der Waals surface area contributed by atoms with Crippen LogP contribution in [0.3, 0.4) is 0 Å². The molecule has 0 aliphatic carbocycles. The van der Waals surface area contributed by atoms with Gasteiger partial charge in [-0.1, -0.05) is 0 Å². The molecule has 1 heterocycles. The summed E-state index contributed by atoms with van der Waals surface area (Å²) in [4.78, 5) is 12.6. The number of nitrogens with one attached hydrogen (secondary N) is 2. The van der Waals surface area contributed by atoms with Gasteiger partial charge in [-0.3, -0.25) is 4.79 Å². The Morgan fingerprint density at radius 3 is 2.80 bits per heavy atom. The highest BCUT2D eigenvalue weighted by Crippen LogP contribution is 2.18. The standard InChI is InChI=1S/C14H19FN2OS.ClH/c15-11-3-5-13(6-4-11)19-9-7-14(18)17-10-12-2-1-8-16-12;/h3-6,12,16H,1-2,7-10H2,(H,17,18);1H. The third-order valence-electron chi connectivity index (χ3n) is 3.12. The summed E-state index contributed by atoms with van der Waals surface area (Å²) in [5, 5.41) is 6.29. The van der Waals surface area contributed by atoms with E-state index in [1.54, 1.807) is 23.9 Å². The average molecular weight is 319 g/mol. The van der Waals surface area contributed by atoms with Crippen LogP contribution in [-0.2, 0) is 4.79 Å². The van der Waals surface area contributed by atoms with Crippen LogP contribution in [0.15, 0.2) is 29.2 Å². The number of thioether (sulfide) groups is 1. The summed E-state index contributed by atoms with van der Waals surface area (Å²) >= 11 is 1.57. The van der Waals surface area contributed by atoms with Crippen molar-refractivity contribution in [2.45, 2.75) is 30.2 Å². The minimum absolute atomic E-state index is 0. The fourth-order valence-corrected chi connectivity index (χ4v) is 2.90. The van der Waals surface area contributed by atoms with Gasteiger partial charge in [0.2, 0.25) is 5.91 Å². The summed E-state index contributed by atoms with van der Waals surface area (Å²) in [6, 6.07) is 6.79. The normalized spacial score (nSPS) is 17.6. The van der Waals surface area contributed by atoms with Gasteiger partial charge in [-0.15, -0.1) is 24.2 Å². The summed E-state index contributed by atoms with van der Waals surface area (Å²) in [5.41, 5.74) is 0. The maximum atomic E-state index is 12.7. The minimum atomic E-state index is -0.230. The molecule has 1 unspecified atom stereocenters. The van der Waals surface area contributed by atoms with Crippen LogP contribution < -0.4 is 10.6 Å². The van der Waals surface area contributed by atoms with Gasteiger partial charge in [0.15, 0.2) is 0 Å². The molecule has 0 radical (unpaired) electrons. The predicted molar refractivity (Wildman–Crippen MR) is 83.0 cm³/mol. The fourth-order valence-electron chi connectivity index (χ4n) is 2.05. The van der Waals surface area contributed by atoms with E-state index < -0.39 is 0 Å². The van der Waals surface area contributed by atoms with E-state index in [1.165, 1.54) is 18.6 Å². The number of amides is 1. The highest BCUT2D eigenvalue weighted by molar-refractivity contribution is 7.99. The van der Waals surface area contributed by atoms with E-state index in [0.717, 1.165) is 30.2 Å². The van der Waals surface area contributed by atoms with Crippen molar-refractivity contribution in [1.82, 2.24) is 10.6 Å². The molecular weight excluding hydrogens is 299 g/mol. The van der Waals surface area contributed by atoms with Crippen LogP contribution in [0.5, 0.6) is 0 Å². The molecule has 1 aromatic carbocycles. The number of benzene rings is 1. The first kappa shape index (κ1) is 17.3. The molecule has 3 nitrogen and oxygen atoms in total. The first-order valence-corrected chi connectivity index (χ1v) is 7.61. The SMILES string of the molecule is Cl.O=C(CCSc1ccc(F)cc1)NCC1CCCN1. The molecule has 20 heavy (non-hydrogen) atoms. The van der Waals surface area contributed by atoms with Gasteiger partial charge in [0, 0.05) is 29.7 Å². The van der Waals surface area contributed by atoms with Crippen molar-refractivity contribution in [2.75, 3.05) is 18.8 Å². The lowest BCUT2D eigenvalue weighted by atomic mass is 10.2. The van der Waals surface area contributed by atoms with E-state index in [1.807, 2.05) is 0 Å². The van der Waals surface area contributed by atoms with Crippen molar-refractivity contribution in [3.05, 3.63) is 30.1 Å². The monoisotopic (exact) mass is 318 g/mol. The van der Waals surface area contributed by atoms with Gasteiger partial charge in [0.25, 0.3) is 0 Å². The summed E-state index contributed by atoms with van der Waals surface area (Å²) < 4.78 is 12.7. The number of halogens is 2.